The summed E-state index contributed by atoms with van der Waals surface area (Å²) < 4.78 is 0. The van der Waals surface area contributed by atoms with Crippen molar-refractivity contribution in [1.82, 2.24) is 15.1 Å². The molecule has 2 rings (SSSR count). The van der Waals surface area contributed by atoms with Crippen molar-refractivity contribution in [2.45, 2.75) is 46.3 Å². The molecule has 1 aliphatic rings. The molecule has 0 spiro atoms. The van der Waals surface area contributed by atoms with E-state index in [1.54, 1.807) is 0 Å². The lowest BCUT2D eigenvalue weighted by atomic mass is 10.1. The van der Waals surface area contributed by atoms with Crippen molar-refractivity contribution in [3.05, 3.63) is 21.4 Å². The van der Waals surface area contributed by atoms with Crippen molar-refractivity contribution in [2.75, 3.05) is 33.2 Å². The molecule has 2 heterocycles. The number of likely N-dealkylation sites (N-methyl/N-ethyl adjacent to an activating group) is 1. The van der Waals surface area contributed by atoms with Crippen molar-refractivity contribution >= 4 is 11.3 Å². The van der Waals surface area contributed by atoms with E-state index in [4.69, 9.17) is 0 Å². The first kappa shape index (κ1) is 16.0. The molecule has 114 valence electrons. The van der Waals surface area contributed by atoms with E-state index in [0.29, 0.717) is 0 Å². The van der Waals surface area contributed by atoms with Crippen molar-refractivity contribution in [3.63, 3.8) is 0 Å². The van der Waals surface area contributed by atoms with E-state index in [1.807, 2.05) is 11.3 Å². The molecule has 0 radical (unpaired) electrons. The Kier molecular flexibility index (Phi) is 6.02. The summed E-state index contributed by atoms with van der Waals surface area (Å²) in [5, 5.41) is 3.42. The van der Waals surface area contributed by atoms with Crippen LogP contribution in [0.25, 0.3) is 0 Å². The van der Waals surface area contributed by atoms with Gasteiger partial charge < -0.3 is 10.2 Å². The number of thiophene rings is 1. The Morgan fingerprint density at radius 1 is 1.35 bits per heavy atom. The van der Waals surface area contributed by atoms with Crippen molar-refractivity contribution in [2.24, 2.45) is 0 Å². The van der Waals surface area contributed by atoms with Gasteiger partial charge in [0.1, 0.15) is 0 Å². The molecule has 1 aromatic heterocycles. The monoisotopic (exact) mass is 295 g/mol. The molecule has 1 atom stereocenters. The predicted octanol–water partition coefficient (Wildman–Crippen LogP) is 2.69. The highest BCUT2D eigenvalue weighted by molar-refractivity contribution is 7.12. The highest BCUT2D eigenvalue weighted by Gasteiger charge is 2.23. The third kappa shape index (κ3) is 4.04. The Morgan fingerprint density at radius 2 is 2.15 bits per heavy atom. The van der Waals surface area contributed by atoms with Crippen LogP contribution in [0.5, 0.6) is 0 Å². The summed E-state index contributed by atoms with van der Waals surface area (Å²) in [6.45, 7) is 13.5. The summed E-state index contributed by atoms with van der Waals surface area (Å²) in [5.41, 5.74) is 1.53. The largest absolute Gasteiger partial charge is 0.312 e. The molecule has 1 unspecified atom stereocenters. The zero-order valence-electron chi connectivity index (χ0n) is 13.4. The fourth-order valence-corrected chi connectivity index (χ4v) is 3.94. The van der Waals surface area contributed by atoms with Crippen LogP contribution in [-0.4, -0.2) is 49.1 Å². The molecule has 0 aliphatic carbocycles. The van der Waals surface area contributed by atoms with Crippen molar-refractivity contribution in [3.8, 4) is 0 Å². The van der Waals surface area contributed by atoms with Crippen LogP contribution in [-0.2, 0) is 13.1 Å². The molecule has 3 nitrogen and oxygen atoms in total. The topological polar surface area (TPSA) is 18.5 Å². The minimum atomic E-state index is 0.726. The van der Waals surface area contributed by atoms with E-state index in [-0.39, 0.29) is 0 Å². The molecule has 0 bridgehead atoms. The number of hydrogen-bond donors (Lipinski definition) is 1. The van der Waals surface area contributed by atoms with Crippen molar-refractivity contribution < 1.29 is 0 Å². The molecule has 1 N–H and O–H groups in total. The van der Waals surface area contributed by atoms with Gasteiger partial charge in [0.05, 0.1) is 0 Å². The summed E-state index contributed by atoms with van der Waals surface area (Å²) in [6.07, 6.45) is 1.25. The van der Waals surface area contributed by atoms with Gasteiger partial charge in [0.2, 0.25) is 0 Å². The molecule has 1 aliphatic heterocycles. The van der Waals surface area contributed by atoms with Crippen LogP contribution >= 0.6 is 11.3 Å². The normalized spacial score (nSPS) is 21.5. The Bertz CT molecular complexity index is 416. The number of nitrogens with zero attached hydrogens (tertiary/aromatic N) is 2. The second kappa shape index (κ2) is 7.55. The molecule has 1 saturated heterocycles. The first-order chi connectivity index (χ1) is 9.63. The van der Waals surface area contributed by atoms with Crippen LogP contribution in [0.4, 0.5) is 0 Å². The lowest BCUT2D eigenvalue weighted by molar-refractivity contribution is 0.0883. The number of rotatable bonds is 6. The lowest BCUT2D eigenvalue weighted by Crippen LogP contribution is -2.50. The maximum Gasteiger partial charge on any atom is 0.0299 e. The summed E-state index contributed by atoms with van der Waals surface area (Å²) in [5.74, 6) is 0. The first-order valence-electron chi connectivity index (χ1n) is 7.85. The van der Waals surface area contributed by atoms with E-state index in [9.17, 15) is 0 Å². The van der Waals surface area contributed by atoms with Gasteiger partial charge in [-0.1, -0.05) is 13.8 Å². The second-order valence-electron chi connectivity index (χ2n) is 5.85. The smallest absolute Gasteiger partial charge is 0.0299 e. The average Bonchev–Trinajstić information content (AvgIpc) is 2.79. The SMILES string of the molecule is CCNCc1cc(CN2CCN(C)C(CC)C2)c(C)s1. The van der Waals surface area contributed by atoms with E-state index in [0.717, 1.165) is 25.7 Å². The highest BCUT2D eigenvalue weighted by Crippen LogP contribution is 2.24. The van der Waals surface area contributed by atoms with Gasteiger partial charge in [-0.25, -0.2) is 0 Å². The molecule has 0 saturated carbocycles. The summed E-state index contributed by atoms with van der Waals surface area (Å²) in [7, 11) is 2.26. The molecule has 0 aromatic carbocycles. The van der Waals surface area contributed by atoms with E-state index in [1.165, 1.54) is 41.4 Å². The van der Waals surface area contributed by atoms with Crippen LogP contribution < -0.4 is 5.32 Å². The van der Waals surface area contributed by atoms with Gasteiger partial charge in [-0.3, -0.25) is 4.90 Å². The zero-order chi connectivity index (χ0) is 14.5. The Labute approximate surface area is 128 Å². The van der Waals surface area contributed by atoms with Gasteiger partial charge in [-0.2, -0.15) is 0 Å². The summed E-state index contributed by atoms with van der Waals surface area (Å²) >= 11 is 1.95. The highest BCUT2D eigenvalue weighted by atomic mass is 32.1. The summed E-state index contributed by atoms with van der Waals surface area (Å²) in [4.78, 5) is 8.10. The average molecular weight is 295 g/mol. The van der Waals surface area contributed by atoms with Crippen molar-refractivity contribution in [1.29, 1.82) is 0 Å². The number of piperazine rings is 1. The lowest BCUT2D eigenvalue weighted by Gasteiger charge is -2.39. The fraction of sp³-hybridized carbons (Fsp3) is 0.750. The molecule has 20 heavy (non-hydrogen) atoms. The molecular weight excluding hydrogens is 266 g/mol. The zero-order valence-corrected chi connectivity index (χ0v) is 14.2. The second-order valence-corrected chi connectivity index (χ2v) is 7.19. The van der Waals surface area contributed by atoms with Gasteiger partial charge in [-0.05, 0) is 38.6 Å². The van der Waals surface area contributed by atoms with Crippen LogP contribution in [0, 0.1) is 6.92 Å². The maximum absolute atomic E-state index is 3.42. The van der Waals surface area contributed by atoms with Crippen LogP contribution in [0.3, 0.4) is 0 Å². The first-order valence-corrected chi connectivity index (χ1v) is 8.67. The third-order valence-electron chi connectivity index (χ3n) is 4.35. The summed E-state index contributed by atoms with van der Waals surface area (Å²) in [6, 6.07) is 3.13. The predicted molar refractivity (Wildman–Crippen MR) is 88.4 cm³/mol. The van der Waals surface area contributed by atoms with E-state index < -0.39 is 0 Å². The molecule has 4 heteroatoms. The minimum absolute atomic E-state index is 0.726. The molecule has 1 aromatic rings. The Balaban J connectivity index is 1.94. The van der Waals surface area contributed by atoms with Gasteiger partial charge >= 0.3 is 0 Å². The number of hydrogen-bond acceptors (Lipinski definition) is 4. The maximum atomic E-state index is 3.42. The molecule has 0 amide bonds. The van der Waals surface area contributed by atoms with Gasteiger partial charge in [0.25, 0.3) is 0 Å². The third-order valence-corrected chi connectivity index (χ3v) is 5.44. The molecule has 1 fully saturated rings. The van der Waals surface area contributed by atoms with Gasteiger partial charge in [-0.15, -0.1) is 11.3 Å². The Hall–Kier alpha value is -0.420. The van der Waals surface area contributed by atoms with E-state index >= 15 is 0 Å². The number of aryl methyl sites for hydroxylation is 1. The van der Waals surface area contributed by atoms with Crippen LogP contribution in [0.1, 0.15) is 35.6 Å². The minimum Gasteiger partial charge on any atom is -0.312 e. The number of nitrogens with one attached hydrogen (secondary N) is 1. The van der Waals surface area contributed by atoms with E-state index in [2.05, 4.69) is 49.0 Å². The Morgan fingerprint density at radius 3 is 2.85 bits per heavy atom. The fourth-order valence-electron chi connectivity index (χ4n) is 2.92. The quantitative estimate of drug-likeness (QED) is 0.870. The standard InChI is InChI=1S/C16H29N3S/c1-5-15-12-19(8-7-18(15)4)11-14-9-16(10-17-6-2)20-13(14)3/h9,15,17H,5-8,10-12H2,1-4H3. The molecular formula is C16H29N3S. The van der Waals surface area contributed by atoms with Crippen LogP contribution in [0.15, 0.2) is 6.07 Å². The van der Waals surface area contributed by atoms with Gasteiger partial charge in [0, 0.05) is 48.5 Å². The van der Waals surface area contributed by atoms with Gasteiger partial charge in [0.15, 0.2) is 0 Å². The van der Waals surface area contributed by atoms with Crippen LogP contribution in [0.2, 0.25) is 0 Å².